The van der Waals surface area contributed by atoms with E-state index in [2.05, 4.69) is 22.2 Å². The number of carbonyl (C=O) groups excluding carboxylic acids is 3. The number of anilines is 1. The van der Waals surface area contributed by atoms with Gasteiger partial charge in [0.15, 0.2) is 28.8 Å². The Balaban J connectivity index is 1.28. The van der Waals surface area contributed by atoms with Gasteiger partial charge in [0.05, 0.1) is 47.7 Å². The van der Waals surface area contributed by atoms with Crippen LogP contribution in [0.2, 0.25) is 0 Å². The average molecular weight is 941 g/mol. The van der Waals surface area contributed by atoms with Crippen LogP contribution in [0, 0.1) is 29.6 Å². The molecular weight excluding hydrogens is 877 g/mol. The van der Waals surface area contributed by atoms with Gasteiger partial charge in [-0.15, -0.1) is 0 Å². The number of hydrogen-bond donors (Lipinski definition) is 5. The van der Waals surface area contributed by atoms with Crippen molar-refractivity contribution in [2.24, 2.45) is 29.6 Å². The molecule has 2 saturated heterocycles. The summed E-state index contributed by atoms with van der Waals surface area (Å²) in [6, 6.07) is 4.02. The van der Waals surface area contributed by atoms with Gasteiger partial charge in [-0.2, -0.15) is 0 Å². The number of aliphatic hydroxyl groups excluding tert-OH is 4. The molecule has 68 heavy (non-hydrogen) atoms. The second-order valence-corrected chi connectivity index (χ2v) is 19.7. The number of nitrogens with zero attached hydrogens (tertiary/aromatic N) is 3. The van der Waals surface area contributed by atoms with E-state index in [4.69, 9.17) is 28.3 Å². The second-order valence-electron chi connectivity index (χ2n) is 19.7. The third kappa shape index (κ3) is 8.45. The third-order valence-electron chi connectivity index (χ3n) is 15.4. The van der Waals surface area contributed by atoms with E-state index in [1.165, 1.54) is 52.4 Å². The van der Waals surface area contributed by atoms with Crippen molar-refractivity contribution >= 4 is 29.0 Å². The normalized spacial score (nSPS) is 36.6. The quantitative estimate of drug-likeness (QED) is 0.238. The van der Waals surface area contributed by atoms with Gasteiger partial charge >= 0.3 is 11.8 Å². The standard InChI is InChI=1S/C51H64N4O13/c1-23-12-11-13-24(2)50(63)53-41-45(61)37-36(40-48(41)67-35-21-32(20-33(57)39(35)52-40)55-18-16-30-14-15-31(22-55)54(30)9)38-47(28(6)44(37)60)68-51(8,49(38)62)65-19-17-34(64-10)25(3)46(66-29(7)56)27(5)43(59)26(4)42(23)58/h11-13,17,19-21,23,25-27,30-31,34,36-37,42-43,46,58-59,61-62H,14-16,18,22H2,1-10H3,(H,53,63)/b12-11+,19-17+,24-13-/t23-,25+,26+,27+,30?,31?,34-,36?,37?,42-,43+,46+,51-/m0/s1. The number of fused-ring (bicyclic) bond motifs is 4. The Hall–Kier alpha value is -5.75. The SMILES string of the molecule is CO[C@H]1/C=C/O[C@@]2(C)OC3=C(C)C(=O)C4C(O)=C(NC(=O)/C(C)=C\C=C\[C@H](C)[C@H](O)[C@@H](C)[C@@H](O)[C@@H](C)[C@H](OC(C)=O)[C@@H]1C)c1oc5cc(N6CCC7CCC(C6)N7C)cc(=O)c-5nc1C4C3=C2O. The maximum atomic E-state index is 14.5. The van der Waals surface area contributed by atoms with Crippen molar-refractivity contribution < 1.29 is 58.2 Å². The lowest BCUT2D eigenvalue weighted by Gasteiger charge is -2.38. The number of methoxy groups -OCH3 is 1. The van der Waals surface area contributed by atoms with E-state index >= 15 is 0 Å². The number of nitrogens with one attached hydrogen (secondary N) is 1. The van der Waals surface area contributed by atoms with Crippen molar-refractivity contribution in [2.75, 3.05) is 32.1 Å². The zero-order chi connectivity index (χ0) is 49.3. The highest BCUT2D eigenvalue weighted by Crippen LogP contribution is 2.56. The van der Waals surface area contributed by atoms with Crippen LogP contribution >= 0.6 is 0 Å². The maximum absolute atomic E-state index is 14.5. The van der Waals surface area contributed by atoms with Crippen molar-refractivity contribution in [3.8, 4) is 11.5 Å². The van der Waals surface area contributed by atoms with Crippen molar-refractivity contribution in [1.29, 1.82) is 0 Å². The predicted molar refractivity (Wildman–Crippen MR) is 250 cm³/mol. The second kappa shape index (κ2) is 18.6. The molecule has 1 amide bonds. The highest BCUT2D eigenvalue weighted by Gasteiger charge is 2.58. The fraction of sp³-hybridized carbons (Fsp3) is 0.549. The zero-order valence-electron chi connectivity index (χ0n) is 40.3. The number of likely N-dealkylation sites (N-methyl/N-ethyl adjacent to an activating group) is 1. The van der Waals surface area contributed by atoms with Crippen molar-refractivity contribution in [2.45, 2.75) is 123 Å². The van der Waals surface area contributed by atoms with Gasteiger partial charge in [0.25, 0.3) is 5.91 Å². The van der Waals surface area contributed by atoms with Crippen molar-refractivity contribution in [1.82, 2.24) is 15.2 Å². The molecular formula is C51H64N4O13. The topological polar surface area (TPSA) is 231 Å². The van der Waals surface area contributed by atoms with Gasteiger partial charge in [-0.05, 0) is 46.2 Å². The summed E-state index contributed by atoms with van der Waals surface area (Å²) in [5.41, 5.74) is 0.178. The molecule has 8 aliphatic rings. The molecule has 0 saturated carbocycles. The molecule has 0 aromatic rings. The van der Waals surface area contributed by atoms with Crippen LogP contribution in [0.3, 0.4) is 0 Å². The van der Waals surface area contributed by atoms with Gasteiger partial charge in [-0.25, -0.2) is 4.98 Å². The minimum Gasteiger partial charge on any atom is -0.509 e. The smallest absolute Gasteiger partial charge is 0.306 e. The van der Waals surface area contributed by atoms with Crippen LogP contribution < -0.4 is 15.6 Å². The van der Waals surface area contributed by atoms with Crippen LogP contribution in [-0.4, -0.2) is 118 Å². The Morgan fingerprint density at radius 1 is 0.956 bits per heavy atom. The molecule has 4 unspecified atom stereocenters. The van der Waals surface area contributed by atoms with Crippen LogP contribution in [0.5, 0.6) is 0 Å². The number of aromatic nitrogens is 1. The highest BCUT2D eigenvalue weighted by molar-refractivity contribution is 6.06. The Morgan fingerprint density at radius 3 is 2.38 bits per heavy atom. The molecule has 17 nitrogen and oxygen atoms in total. The van der Waals surface area contributed by atoms with E-state index in [0.29, 0.717) is 24.3 Å². The summed E-state index contributed by atoms with van der Waals surface area (Å²) in [5.74, 6) is -10.1. The molecule has 5 aliphatic heterocycles. The van der Waals surface area contributed by atoms with E-state index in [1.807, 2.05) is 0 Å². The number of Topliss-reactive ketones (excluding diaryl/α,β-unsaturated/α-hetero) is 1. The number of benzene rings is 1. The highest BCUT2D eigenvalue weighted by atomic mass is 16.7. The molecule has 5 heterocycles. The molecule has 0 aromatic carbocycles. The molecule has 0 spiro atoms. The fourth-order valence-electron chi connectivity index (χ4n) is 11.1. The number of aliphatic hydroxyl groups is 4. The minimum atomic E-state index is -1.95. The molecule has 6 bridgehead atoms. The molecule has 17 heteroatoms. The third-order valence-corrected chi connectivity index (χ3v) is 15.4. The minimum absolute atomic E-state index is 0.00791. The summed E-state index contributed by atoms with van der Waals surface area (Å²) in [5, 5.41) is 50.4. The van der Waals surface area contributed by atoms with Gasteiger partial charge in [-0.3, -0.25) is 24.1 Å². The molecule has 2 fully saturated rings. The molecule has 366 valence electrons. The van der Waals surface area contributed by atoms with Crippen LogP contribution in [0.1, 0.15) is 92.0 Å². The number of ketones is 1. The molecule has 3 aliphatic carbocycles. The summed E-state index contributed by atoms with van der Waals surface area (Å²) in [7, 11) is 3.59. The summed E-state index contributed by atoms with van der Waals surface area (Å²) < 4.78 is 30.7. The summed E-state index contributed by atoms with van der Waals surface area (Å²) >= 11 is 0. The molecule has 8 rings (SSSR count). The molecule has 0 radical (unpaired) electrons. The van der Waals surface area contributed by atoms with Crippen LogP contribution in [0.15, 0.2) is 85.9 Å². The number of rotatable bonds is 3. The van der Waals surface area contributed by atoms with Crippen molar-refractivity contribution in [3.05, 3.63) is 98.4 Å². The van der Waals surface area contributed by atoms with E-state index in [-0.39, 0.29) is 51.1 Å². The van der Waals surface area contributed by atoms with Crippen LogP contribution in [0.4, 0.5) is 5.69 Å². The Morgan fingerprint density at radius 2 is 1.68 bits per heavy atom. The van der Waals surface area contributed by atoms with Gasteiger partial charge < -0.3 is 54.0 Å². The number of allylic oxidation sites excluding steroid dienone is 5. The van der Waals surface area contributed by atoms with Gasteiger partial charge in [0, 0.05) is 98.8 Å². The number of esters is 1. The Labute approximate surface area is 395 Å². The fourth-order valence-corrected chi connectivity index (χ4v) is 11.1. The van der Waals surface area contributed by atoms with E-state index in [9.17, 15) is 39.6 Å². The van der Waals surface area contributed by atoms with Gasteiger partial charge in [0.2, 0.25) is 5.43 Å². The van der Waals surface area contributed by atoms with Crippen LogP contribution in [-0.2, 0) is 33.3 Å². The number of amides is 1. The van der Waals surface area contributed by atoms with Crippen molar-refractivity contribution in [3.63, 3.8) is 0 Å². The van der Waals surface area contributed by atoms with Crippen LogP contribution in [0.25, 0.3) is 17.2 Å². The number of carbonyl (C=O) groups is 3. The molecule has 5 N–H and O–H groups in total. The molecule has 0 aromatic heterocycles. The maximum Gasteiger partial charge on any atom is 0.306 e. The summed E-state index contributed by atoms with van der Waals surface area (Å²) in [6.07, 6.45) is 6.78. The van der Waals surface area contributed by atoms with E-state index in [0.717, 1.165) is 25.8 Å². The van der Waals surface area contributed by atoms with Gasteiger partial charge in [0.1, 0.15) is 23.3 Å². The Bertz CT molecular complexity index is 2590. The summed E-state index contributed by atoms with van der Waals surface area (Å²) in [6.45, 7) is 14.1. The average Bonchev–Trinajstić information content (AvgIpc) is 3.72. The Kier molecular flexibility index (Phi) is 13.3. The first-order chi connectivity index (χ1) is 32.2. The predicted octanol–water partition coefficient (Wildman–Crippen LogP) is 5.54. The lowest BCUT2D eigenvalue weighted by Crippen LogP contribution is -2.46. The first kappa shape index (κ1) is 48.7. The largest absolute Gasteiger partial charge is 0.509 e. The monoisotopic (exact) mass is 940 g/mol. The number of hydrogen-bond acceptors (Lipinski definition) is 16. The summed E-state index contributed by atoms with van der Waals surface area (Å²) in [4.78, 5) is 64.7. The lowest BCUT2D eigenvalue weighted by atomic mass is 9.69. The first-order valence-corrected chi connectivity index (χ1v) is 23.5. The number of ether oxygens (including phenoxy) is 4. The first-order valence-electron chi connectivity index (χ1n) is 23.5. The zero-order valence-corrected chi connectivity index (χ0v) is 40.3. The lowest BCUT2D eigenvalue weighted by molar-refractivity contribution is -0.160. The van der Waals surface area contributed by atoms with E-state index < -0.39 is 100 Å². The van der Waals surface area contributed by atoms with Gasteiger partial charge in [-0.1, -0.05) is 45.9 Å². The molecule has 13 atom stereocenters. The van der Waals surface area contributed by atoms with E-state index in [1.54, 1.807) is 52.8 Å².